The van der Waals surface area contributed by atoms with Crippen LogP contribution in [0.4, 0.5) is 0 Å². The molecular formula is C23H23NO2S. The zero-order chi connectivity index (χ0) is 19.1. The first-order chi connectivity index (χ1) is 13.1. The molecule has 0 unspecified atom stereocenters. The van der Waals surface area contributed by atoms with Crippen LogP contribution in [0.25, 0.3) is 6.08 Å². The zero-order valence-electron chi connectivity index (χ0n) is 15.3. The molecule has 0 aliphatic heterocycles. The van der Waals surface area contributed by atoms with Crippen LogP contribution in [0.3, 0.4) is 0 Å². The fraction of sp³-hybridized carbons (Fsp3) is 0.130. The minimum atomic E-state index is -3.57. The first kappa shape index (κ1) is 19.1. The van der Waals surface area contributed by atoms with Crippen molar-refractivity contribution >= 4 is 15.9 Å². The summed E-state index contributed by atoms with van der Waals surface area (Å²) < 4.78 is 26.4. The maximum absolute atomic E-state index is 13.2. The van der Waals surface area contributed by atoms with Crippen LogP contribution in [-0.2, 0) is 16.4 Å². The highest BCUT2D eigenvalue weighted by atomic mass is 32.2. The lowest BCUT2D eigenvalue weighted by molar-refractivity contribution is 0.599. The molecule has 0 aromatic heterocycles. The van der Waals surface area contributed by atoms with Crippen LogP contribution in [0, 0.1) is 6.92 Å². The van der Waals surface area contributed by atoms with Gasteiger partial charge in [0.25, 0.3) is 0 Å². The van der Waals surface area contributed by atoms with Crippen molar-refractivity contribution < 1.29 is 8.42 Å². The molecule has 0 fully saturated rings. The van der Waals surface area contributed by atoms with Gasteiger partial charge in [0, 0.05) is 13.1 Å². The van der Waals surface area contributed by atoms with Crippen LogP contribution in [-0.4, -0.2) is 15.0 Å². The van der Waals surface area contributed by atoms with Crippen LogP contribution in [0.15, 0.2) is 94.7 Å². The van der Waals surface area contributed by atoms with Crippen molar-refractivity contribution in [2.75, 3.05) is 6.54 Å². The molecule has 3 rings (SSSR count). The van der Waals surface area contributed by atoms with E-state index < -0.39 is 9.84 Å². The molecule has 0 amide bonds. The summed E-state index contributed by atoms with van der Waals surface area (Å²) in [4.78, 5) is 0.672. The lowest BCUT2D eigenvalue weighted by atomic mass is 10.2. The molecule has 27 heavy (non-hydrogen) atoms. The average Bonchev–Trinajstić information content (AvgIpc) is 2.69. The van der Waals surface area contributed by atoms with E-state index in [1.165, 1.54) is 0 Å². The van der Waals surface area contributed by atoms with Gasteiger partial charge in [0.1, 0.15) is 0 Å². The summed E-state index contributed by atoms with van der Waals surface area (Å²) in [7, 11) is -3.57. The van der Waals surface area contributed by atoms with Gasteiger partial charge in [0.2, 0.25) is 9.84 Å². The molecule has 1 N–H and O–H groups in total. The largest absolute Gasteiger partial charge is 0.308 e. The summed E-state index contributed by atoms with van der Waals surface area (Å²) >= 11 is 0. The Balaban J connectivity index is 1.87. The molecule has 4 heteroatoms. The maximum atomic E-state index is 13.2. The zero-order valence-corrected chi connectivity index (χ0v) is 16.1. The van der Waals surface area contributed by atoms with Gasteiger partial charge in [-0.1, -0.05) is 78.4 Å². The molecule has 138 valence electrons. The van der Waals surface area contributed by atoms with Crippen LogP contribution in [0.2, 0.25) is 0 Å². The summed E-state index contributed by atoms with van der Waals surface area (Å²) in [5, 5.41) is 3.26. The molecule has 0 radical (unpaired) electrons. The van der Waals surface area contributed by atoms with E-state index in [9.17, 15) is 8.42 Å². The molecule has 3 aromatic carbocycles. The highest BCUT2D eigenvalue weighted by Crippen LogP contribution is 2.22. The van der Waals surface area contributed by atoms with Crippen LogP contribution in [0.1, 0.15) is 16.7 Å². The summed E-state index contributed by atoms with van der Waals surface area (Å²) in [6.07, 6.45) is 1.74. The molecule has 0 bridgehead atoms. The number of aryl methyl sites for hydroxylation is 1. The predicted octanol–water partition coefficient (Wildman–Crippen LogP) is 4.60. The SMILES string of the molecule is Cc1ccc(S(=O)(=O)/C(=C/c2ccccc2)CNCc2ccccc2)cc1. The van der Waals surface area contributed by atoms with E-state index in [-0.39, 0.29) is 6.54 Å². The van der Waals surface area contributed by atoms with E-state index in [0.29, 0.717) is 16.3 Å². The molecule has 3 aromatic rings. The quantitative estimate of drug-likeness (QED) is 0.654. The second-order valence-corrected chi connectivity index (χ2v) is 8.43. The Morgan fingerprint density at radius 2 is 1.44 bits per heavy atom. The van der Waals surface area contributed by atoms with E-state index in [4.69, 9.17) is 0 Å². The summed E-state index contributed by atoms with van der Waals surface area (Å²) in [5.41, 5.74) is 3.01. The Morgan fingerprint density at radius 1 is 0.852 bits per heavy atom. The second-order valence-electron chi connectivity index (χ2n) is 6.43. The monoisotopic (exact) mass is 377 g/mol. The van der Waals surface area contributed by atoms with Crippen LogP contribution < -0.4 is 5.32 Å². The third-order valence-electron chi connectivity index (χ3n) is 4.27. The molecule has 0 atom stereocenters. The lowest BCUT2D eigenvalue weighted by Crippen LogP contribution is -2.21. The molecular weight excluding hydrogens is 354 g/mol. The van der Waals surface area contributed by atoms with E-state index >= 15 is 0 Å². The van der Waals surface area contributed by atoms with Crippen molar-refractivity contribution in [3.63, 3.8) is 0 Å². The van der Waals surface area contributed by atoms with Crippen LogP contribution in [0.5, 0.6) is 0 Å². The molecule has 0 aliphatic rings. The third kappa shape index (κ3) is 5.16. The van der Waals surface area contributed by atoms with Gasteiger partial charge in [-0.2, -0.15) is 0 Å². The summed E-state index contributed by atoms with van der Waals surface area (Å²) in [6, 6.07) is 26.5. The second kappa shape index (κ2) is 8.80. The van der Waals surface area contributed by atoms with Gasteiger partial charge >= 0.3 is 0 Å². The number of hydrogen-bond acceptors (Lipinski definition) is 3. The Labute approximate surface area is 161 Å². The van der Waals surface area contributed by atoms with E-state index in [1.54, 1.807) is 18.2 Å². The predicted molar refractivity (Wildman–Crippen MR) is 111 cm³/mol. The summed E-state index contributed by atoms with van der Waals surface area (Å²) in [6.45, 7) is 2.81. The van der Waals surface area contributed by atoms with Gasteiger partial charge < -0.3 is 5.32 Å². The lowest BCUT2D eigenvalue weighted by Gasteiger charge is -2.12. The molecule has 0 saturated carbocycles. The first-order valence-electron chi connectivity index (χ1n) is 8.88. The topological polar surface area (TPSA) is 46.2 Å². The van der Waals surface area contributed by atoms with Crippen molar-refractivity contribution in [2.45, 2.75) is 18.4 Å². The summed E-state index contributed by atoms with van der Waals surface area (Å²) in [5.74, 6) is 0. The van der Waals surface area contributed by atoms with Gasteiger partial charge in [0.05, 0.1) is 9.80 Å². The minimum Gasteiger partial charge on any atom is -0.308 e. The highest BCUT2D eigenvalue weighted by molar-refractivity contribution is 7.95. The van der Waals surface area contributed by atoms with Gasteiger partial charge in [-0.15, -0.1) is 0 Å². The van der Waals surface area contributed by atoms with Gasteiger partial charge in [0.15, 0.2) is 0 Å². The first-order valence-corrected chi connectivity index (χ1v) is 10.4. The van der Waals surface area contributed by atoms with Gasteiger partial charge in [-0.25, -0.2) is 8.42 Å². The number of hydrogen-bond donors (Lipinski definition) is 1. The van der Waals surface area contributed by atoms with Crippen molar-refractivity contribution in [3.8, 4) is 0 Å². The fourth-order valence-corrected chi connectivity index (χ4v) is 4.13. The number of rotatable bonds is 7. The Kier molecular flexibility index (Phi) is 6.22. The van der Waals surface area contributed by atoms with E-state index in [1.807, 2.05) is 79.7 Å². The highest BCUT2D eigenvalue weighted by Gasteiger charge is 2.20. The van der Waals surface area contributed by atoms with E-state index in [2.05, 4.69) is 5.32 Å². The van der Waals surface area contributed by atoms with Gasteiger partial charge in [-0.3, -0.25) is 0 Å². The third-order valence-corrected chi connectivity index (χ3v) is 6.12. The molecule has 0 saturated heterocycles. The number of sulfone groups is 1. The fourth-order valence-electron chi connectivity index (χ4n) is 2.75. The molecule has 0 heterocycles. The normalized spacial score (nSPS) is 12.1. The van der Waals surface area contributed by atoms with Crippen molar-refractivity contribution in [2.24, 2.45) is 0 Å². The van der Waals surface area contributed by atoms with Crippen LogP contribution >= 0.6 is 0 Å². The number of benzene rings is 3. The van der Waals surface area contributed by atoms with Crippen molar-refractivity contribution in [3.05, 3.63) is 107 Å². The standard InChI is InChI=1S/C23H23NO2S/c1-19-12-14-22(15-13-19)27(25,26)23(16-20-8-4-2-5-9-20)18-24-17-21-10-6-3-7-11-21/h2-16,24H,17-18H2,1H3/b23-16+. The van der Waals surface area contributed by atoms with Crippen molar-refractivity contribution in [1.29, 1.82) is 0 Å². The Bertz CT molecular complexity index is 993. The minimum absolute atomic E-state index is 0.264. The molecule has 0 aliphatic carbocycles. The number of nitrogens with one attached hydrogen (secondary N) is 1. The van der Waals surface area contributed by atoms with E-state index in [0.717, 1.165) is 16.7 Å². The Hall–Kier alpha value is -2.69. The van der Waals surface area contributed by atoms with Crippen molar-refractivity contribution in [1.82, 2.24) is 5.32 Å². The maximum Gasteiger partial charge on any atom is 0.204 e. The molecule has 0 spiro atoms. The van der Waals surface area contributed by atoms with Gasteiger partial charge in [-0.05, 0) is 36.3 Å². The smallest absolute Gasteiger partial charge is 0.204 e. The Morgan fingerprint density at radius 3 is 2.07 bits per heavy atom. The molecule has 3 nitrogen and oxygen atoms in total. The average molecular weight is 378 g/mol.